The highest BCUT2D eigenvalue weighted by Crippen LogP contribution is 2.39. The van der Waals surface area contributed by atoms with Crippen molar-refractivity contribution >= 4 is 11.8 Å². The highest BCUT2D eigenvalue weighted by Gasteiger charge is 2.40. The molecular weight excluding hydrogens is 333 g/mol. The third kappa shape index (κ3) is 4.41. The van der Waals surface area contributed by atoms with Crippen molar-refractivity contribution in [3.8, 4) is 0 Å². The van der Waals surface area contributed by atoms with Gasteiger partial charge in [-0.1, -0.05) is 12.1 Å². The third-order valence-electron chi connectivity index (χ3n) is 5.82. The number of hydrogen-bond donors (Lipinski definition) is 0. The Bertz CT molecular complexity index is 654. The highest BCUT2D eigenvalue weighted by molar-refractivity contribution is 5.78. The van der Waals surface area contributed by atoms with Crippen LogP contribution in [-0.2, 0) is 16.1 Å². The molecular formula is C20H28FN3O2. The lowest BCUT2D eigenvalue weighted by atomic mass is 9.72. The van der Waals surface area contributed by atoms with Gasteiger partial charge in [-0.25, -0.2) is 4.39 Å². The van der Waals surface area contributed by atoms with Gasteiger partial charge in [-0.3, -0.25) is 14.5 Å². The molecule has 26 heavy (non-hydrogen) atoms. The second-order valence-corrected chi connectivity index (χ2v) is 7.93. The van der Waals surface area contributed by atoms with Gasteiger partial charge in [0.2, 0.25) is 11.8 Å². The quantitative estimate of drug-likeness (QED) is 0.825. The van der Waals surface area contributed by atoms with E-state index in [-0.39, 0.29) is 23.0 Å². The summed E-state index contributed by atoms with van der Waals surface area (Å²) in [6.45, 7) is 3.34. The molecule has 2 saturated heterocycles. The van der Waals surface area contributed by atoms with E-state index in [1.165, 1.54) is 12.1 Å². The number of halogens is 1. The first kappa shape index (κ1) is 18.8. The second-order valence-electron chi connectivity index (χ2n) is 7.93. The van der Waals surface area contributed by atoms with Crippen molar-refractivity contribution in [2.24, 2.45) is 5.41 Å². The Kier molecular flexibility index (Phi) is 5.61. The fraction of sp³-hybridized carbons (Fsp3) is 0.600. The lowest BCUT2D eigenvalue weighted by molar-refractivity contribution is -0.141. The van der Waals surface area contributed by atoms with Gasteiger partial charge < -0.3 is 9.80 Å². The minimum absolute atomic E-state index is 0.143. The van der Waals surface area contributed by atoms with E-state index in [0.29, 0.717) is 19.5 Å². The Labute approximate surface area is 154 Å². The highest BCUT2D eigenvalue weighted by atomic mass is 19.1. The van der Waals surface area contributed by atoms with E-state index in [1.54, 1.807) is 12.1 Å². The molecule has 3 rings (SSSR count). The molecule has 2 heterocycles. The molecule has 0 aromatic heterocycles. The molecule has 2 aliphatic heterocycles. The molecule has 0 atom stereocenters. The van der Waals surface area contributed by atoms with Crippen LogP contribution in [0.25, 0.3) is 0 Å². The number of amides is 2. The van der Waals surface area contributed by atoms with Crippen LogP contribution in [0.1, 0.15) is 31.2 Å². The number of carbonyl (C=O) groups is 2. The number of piperidine rings is 2. The van der Waals surface area contributed by atoms with Crippen molar-refractivity contribution in [3.63, 3.8) is 0 Å². The molecule has 0 radical (unpaired) electrons. The minimum Gasteiger partial charge on any atom is -0.345 e. The van der Waals surface area contributed by atoms with E-state index >= 15 is 0 Å². The lowest BCUT2D eigenvalue weighted by Crippen LogP contribution is -2.52. The summed E-state index contributed by atoms with van der Waals surface area (Å²) in [6, 6.07) is 6.39. The van der Waals surface area contributed by atoms with Crippen molar-refractivity contribution in [1.82, 2.24) is 14.7 Å². The zero-order valence-corrected chi connectivity index (χ0v) is 15.7. The predicted molar refractivity (Wildman–Crippen MR) is 97.9 cm³/mol. The van der Waals surface area contributed by atoms with E-state index in [2.05, 4.69) is 0 Å². The van der Waals surface area contributed by atoms with Gasteiger partial charge in [-0.05, 0) is 49.4 Å². The molecule has 0 saturated carbocycles. The molecule has 0 aliphatic carbocycles. The van der Waals surface area contributed by atoms with E-state index in [4.69, 9.17) is 0 Å². The number of likely N-dealkylation sites (N-methyl/N-ethyl adjacent to an activating group) is 1. The Morgan fingerprint density at radius 3 is 2.46 bits per heavy atom. The maximum atomic E-state index is 13.0. The summed E-state index contributed by atoms with van der Waals surface area (Å²) in [5, 5.41) is 0. The molecule has 1 aromatic rings. The summed E-state index contributed by atoms with van der Waals surface area (Å²) < 4.78 is 13.0. The number of carbonyl (C=O) groups excluding carboxylic acids is 2. The number of benzene rings is 1. The largest absolute Gasteiger partial charge is 0.345 e. The fourth-order valence-electron chi connectivity index (χ4n) is 4.16. The van der Waals surface area contributed by atoms with Gasteiger partial charge in [0.15, 0.2) is 0 Å². The first-order valence-corrected chi connectivity index (χ1v) is 9.32. The van der Waals surface area contributed by atoms with Gasteiger partial charge >= 0.3 is 0 Å². The van der Waals surface area contributed by atoms with Gasteiger partial charge in [0, 0.05) is 39.6 Å². The Morgan fingerprint density at radius 1 is 1.19 bits per heavy atom. The van der Waals surface area contributed by atoms with E-state index in [1.807, 2.05) is 28.8 Å². The smallest absolute Gasteiger partial charge is 0.236 e. The molecule has 2 fully saturated rings. The molecule has 2 amide bonds. The van der Waals surface area contributed by atoms with Crippen molar-refractivity contribution in [2.45, 2.75) is 32.2 Å². The molecule has 0 unspecified atom stereocenters. The maximum Gasteiger partial charge on any atom is 0.236 e. The average Bonchev–Trinajstić information content (AvgIpc) is 2.61. The van der Waals surface area contributed by atoms with Gasteiger partial charge in [-0.15, -0.1) is 0 Å². The molecule has 5 nitrogen and oxygen atoms in total. The van der Waals surface area contributed by atoms with Crippen LogP contribution in [-0.4, -0.2) is 66.8 Å². The number of hydrogen-bond acceptors (Lipinski definition) is 3. The van der Waals surface area contributed by atoms with E-state index < -0.39 is 0 Å². The second kappa shape index (κ2) is 7.74. The topological polar surface area (TPSA) is 43.9 Å². The zero-order chi connectivity index (χ0) is 18.7. The van der Waals surface area contributed by atoms with E-state index in [9.17, 15) is 14.0 Å². The number of rotatable bonds is 4. The summed E-state index contributed by atoms with van der Waals surface area (Å²) in [7, 11) is 3.79. The average molecular weight is 361 g/mol. The summed E-state index contributed by atoms with van der Waals surface area (Å²) in [4.78, 5) is 30.1. The monoisotopic (exact) mass is 361 g/mol. The standard InChI is InChI=1S/C20H28FN3O2/c1-22(13-16-3-5-17(21)6-4-16)14-19(26)24-11-9-20(10-12-24)8-7-18(25)23(2)15-20/h3-6H,7-15H2,1-2H3. The Balaban J connectivity index is 1.47. The van der Waals surface area contributed by atoms with Crippen LogP contribution >= 0.6 is 0 Å². The summed E-state index contributed by atoms with van der Waals surface area (Å²) in [5.74, 6) is 0.131. The Hall–Kier alpha value is -1.95. The van der Waals surface area contributed by atoms with Crippen LogP contribution in [0.15, 0.2) is 24.3 Å². The predicted octanol–water partition coefficient (Wildman–Crippen LogP) is 2.12. The van der Waals surface area contributed by atoms with Crippen LogP contribution in [0.3, 0.4) is 0 Å². The number of likely N-dealkylation sites (tertiary alicyclic amines) is 2. The molecule has 2 aliphatic rings. The molecule has 1 aromatic carbocycles. The van der Waals surface area contributed by atoms with Crippen molar-refractivity contribution in [2.75, 3.05) is 40.3 Å². The maximum absolute atomic E-state index is 13.0. The Morgan fingerprint density at radius 2 is 1.85 bits per heavy atom. The lowest BCUT2D eigenvalue weighted by Gasteiger charge is -2.46. The van der Waals surface area contributed by atoms with Crippen LogP contribution in [0, 0.1) is 11.2 Å². The SMILES string of the molecule is CN(CC(=O)N1CCC2(CCC(=O)N(C)C2)CC1)Cc1ccc(F)cc1. The molecule has 1 spiro atoms. The fourth-order valence-corrected chi connectivity index (χ4v) is 4.16. The van der Waals surface area contributed by atoms with Crippen LogP contribution in [0.2, 0.25) is 0 Å². The summed E-state index contributed by atoms with van der Waals surface area (Å²) >= 11 is 0. The number of nitrogens with zero attached hydrogens (tertiary/aromatic N) is 3. The zero-order valence-electron chi connectivity index (χ0n) is 15.7. The molecule has 142 valence electrons. The van der Waals surface area contributed by atoms with Crippen LogP contribution in [0.5, 0.6) is 0 Å². The first-order valence-electron chi connectivity index (χ1n) is 9.32. The third-order valence-corrected chi connectivity index (χ3v) is 5.82. The van der Waals surface area contributed by atoms with Crippen molar-refractivity contribution in [1.29, 1.82) is 0 Å². The van der Waals surface area contributed by atoms with Gasteiger partial charge in [-0.2, -0.15) is 0 Å². The van der Waals surface area contributed by atoms with Crippen molar-refractivity contribution < 1.29 is 14.0 Å². The van der Waals surface area contributed by atoms with Crippen LogP contribution < -0.4 is 0 Å². The molecule has 0 bridgehead atoms. The first-order chi connectivity index (χ1) is 12.4. The normalized spacial score (nSPS) is 20.1. The summed E-state index contributed by atoms with van der Waals surface area (Å²) in [5.41, 5.74) is 1.19. The summed E-state index contributed by atoms with van der Waals surface area (Å²) in [6.07, 6.45) is 3.52. The molecule has 0 N–H and O–H groups in total. The minimum atomic E-state index is -0.246. The molecule has 6 heteroatoms. The van der Waals surface area contributed by atoms with E-state index in [0.717, 1.165) is 44.5 Å². The van der Waals surface area contributed by atoms with Gasteiger partial charge in [0.25, 0.3) is 0 Å². The van der Waals surface area contributed by atoms with Crippen LogP contribution in [0.4, 0.5) is 4.39 Å². The van der Waals surface area contributed by atoms with Gasteiger partial charge in [0.1, 0.15) is 5.82 Å². The van der Waals surface area contributed by atoms with Gasteiger partial charge in [0.05, 0.1) is 6.54 Å². The van der Waals surface area contributed by atoms with Crippen molar-refractivity contribution in [3.05, 3.63) is 35.6 Å².